The highest BCUT2D eigenvalue weighted by atomic mass is 32.2. The Labute approximate surface area is 168 Å². The zero-order valence-corrected chi connectivity index (χ0v) is 16.6. The van der Waals surface area contributed by atoms with E-state index in [9.17, 15) is 14.9 Å². The van der Waals surface area contributed by atoms with E-state index in [1.807, 2.05) is 48.7 Å². The van der Waals surface area contributed by atoms with E-state index in [1.165, 1.54) is 11.8 Å². The number of thioether (sulfide) groups is 1. The molecule has 142 valence electrons. The highest BCUT2D eigenvalue weighted by Crippen LogP contribution is 2.40. The highest BCUT2D eigenvalue weighted by molar-refractivity contribution is 7.98. The van der Waals surface area contributed by atoms with Crippen molar-refractivity contribution in [1.82, 2.24) is 0 Å². The van der Waals surface area contributed by atoms with Gasteiger partial charge in [-0.25, -0.2) is 4.79 Å². The molecule has 0 atom stereocenters. The molecule has 3 rings (SSSR count). The summed E-state index contributed by atoms with van der Waals surface area (Å²) in [6, 6.07) is 16.6. The second-order valence-corrected chi connectivity index (χ2v) is 6.96. The predicted molar refractivity (Wildman–Crippen MR) is 109 cm³/mol. The van der Waals surface area contributed by atoms with E-state index in [0.717, 1.165) is 16.3 Å². The molecule has 0 aromatic heterocycles. The number of ketones is 1. The van der Waals surface area contributed by atoms with Crippen LogP contribution in [-0.4, -0.2) is 38.7 Å². The molecule has 0 aliphatic carbocycles. The molecule has 1 aliphatic rings. The smallest absolute Gasteiger partial charge is 0.339 e. The number of hydrogen-bond acceptors (Lipinski definition) is 7. The number of hydrogen-bond donors (Lipinski definition) is 0. The van der Waals surface area contributed by atoms with Crippen LogP contribution >= 0.6 is 11.8 Å². The summed E-state index contributed by atoms with van der Waals surface area (Å²) in [7, 11) is 3.59. The maximum Gasteiger partial charge on any atom is 0.339 e. The van der Waals surface area contributed by atoms with Crippen molar-refractivity contribution in [3.05, 3.63) is 65.5 Å². The quantitative estimate of drug-likeness (QED) is 0.333. The molecule has 1 aliphatic heterocycles. The van der Waals surface area contributed by atoms with E-state index in [1.54, 1.807) is 36.0 Å². The third-order valence-corrected chi connectivity index (χ3v) is 5.31. The zero-order valence-electron chi connectivity index (χ0n) is 15.8. The number of benzene rings is 2. The van der Waals surface area contributed by atoms with Gasteiger partial charge in [0.2, 0.25) is 5.78 Å². The summed E-state index contributed by atoms with van der Waals surface area (Å²) in [4.78, 5) is 29.4. The van der Waals surface area contributed by atoms with Gasteiger partial charge in [-0.3, -0.25) is 4.79 Å². The molecule has 0 N–H and O–H groups in total. The molecular weight excluding hydrogens is 374 g/mol. The van der Waals surface area contributed by atoms with Crippen molar-refractivity contribution in [3.63, 3.8) is 0 Å². The maximum atomic E-state index is 12.7. The first-order valence-corrected chi connectivity index (χ1v) is 9.76. The van der Waals surface area contributed by atoms with Gasteiger partial charge in [0.15, 0.2) is 6.61 Å². The molecule has 6 nitrogen and oxygen atoms in total. The van der Waals surface area contributed by atoms with Crippen molar-refractivity contribution in [2.24, 2.45) is 0 Å². The van der Waals surface area contributed by atoms with Gasteiger partial charge in [-0.05, 0) is 30.5 Å². The summed E-state index contributed by atoms with van der Waals surface area (Å²) >= 11 is 1.42. The lowest BCUT2D eigenvalue weighted by Crippen LogP contribution is -2.27. The average molecular weight is 393 g/mol. The van der Waals surface area contributed by atoms with Gasteiger partial charge in [0, 0.05) is 19.0 Å². The first kappa shape index (κ1) is 19.5. The van der Waals surface area contributed by atoms with Gasteiger partial charge in [-0.2, -0.15) is 5.26 Å². The number of fused-ring (bicyclic) bond motifs is 1. The monoisotopic (exact) mass is 393 g/mol. The number of carbonyl (C=O) groups is 2. The van der Waals surface area contributed by atoms with E-state index in [4.69, 9.17) is 4.74 Å². The molecule has 0 unspecified atom stereocenters. The molecule has 2 aromatic carbocycles. The first-order valence-electron chi connectivity index (χ1n) is 8.53. The fraction of sp³-hybridized carbons (Fsp3) is 0.190. The largest absolute Gasteiger partial charge is 0.454 e. The van der Waals surface area contributed by atoms with Crippen LogP contribution in [0.2, 0.25) is 0 Å². The molecule has 0 fully saturated rings. The van der Waals surface area contributed by atoms with Gasteiger partial charge < -0.3 is 14.5 Å². The van der Waals surface area contributed by atoms with Crippen LogP contribution in [0.3, 0.4) is 0 Å². The Kier molecular flexibility index (Phi) is 5.71. The molecule has 0 saturated heterocycles. The Morgan fingerprint density at radius 3 is 2.18 bits per heavy atom. The molecule has 7 heteroatoms. The van der Waals surface area contributed by atoms with Crippen LogP contribution < -0.4 is 9.80 Å². The second-order valence-electron chi connectivity index (χ2n) is 6.12. The van der Waals surface area contributed by atoms with Crippen molar-refractivity contribution in [3.8, 4) is 6.07 Å². The third kappa shape index (κ3) is 3.47. The summed E-state index contributed by atoms with van der Waals surface area (Å²) < 4.78 is 5.20. The lowest BCUT2D eigenvalue weighted by Gasteiger charge is -2.19. The number of ether oxygens (including phenoxy) is 1. The number of para-hydroxylation sites is 2. The molecule has 28 heavy (non-hydrogen) atoms. The normalized spacial score (nSPS) is 12.4. The summed E-state index contributed by atoms with van der Waals surface area (Å²) in [5.41, 5.74) is 2.14. The standard InChI is InChI=1S/C21H19N3O3S/c1-23-16-9-5-6-10-17(16)24(2)20(23)15(12-22)18(25)13-27-21(26)14-8-4-7-11-19(14)28-3/h4-11H,13H2,1-3H3. The van der Waals surface area contributed by atoms with Crippen LogP contribution in [0.1, 0.15) is 10.4 Å². The summed E-state index contributed by atoms with van der Waals surface area (Å²) in [5, 5.41) is 9.61. The maximum absolute atomic E-state index is 12.7. The van der Waals surface area contributed by atoms with Crippen molar-refractivity contribution >= 4 is 34.9 Å². The fourth-order valence-electron chi connectivity index (χ4n) is 3.15. The summed E-state index contributed by atoms with van der Waals surface area (Å²) in [5.74, 6) is -0.662. The van der Waals surface area contributed by atoms with E-state index in [2.05, 4.69) is 0 Å². The molecular formula is C21H19N3O3S. The van der Waals surface area contributed by atoms with Crippen molar-refractivity contribution in [2.45, 2.75) is 4.90 Å². The molecule has 0 saturated carbocycles. The topological polar surface area (TPSA) is 73.6 Å². The SMILES string of the molecule is CSc1ccccc1C(=O)OCC(=O)C(C#N)=C1N(C)c2ccccc2N1C. The molecule has 0 bridgehead atoms. The van der Waals surface area contributed by atoms with Gasteiger partial charge in [0.05, 0.1) is 16.9 Å². The van der Waals surface area contributed by atoms with Crippen LogP contribution in [0.4, 0.5) is 11.4 Å². The van der Waals surface area contributed by atoms with Crippen LogP contribution in [0.15, 0.2) is 64.8 Å². The van der Waals surface area contributed by atoms with Crippen LogP contribution in [0, 0.1) is 11.3 Å². The Morgan fingerprint density at radius 1 is 1.04 bits per heavy atom. The Morgan fingerprint density at radius 2 is 1.61 bits per heavy atom. The molecule has 1 heterocycles. The van der Waals surface area contributed by atoms with Crippen molar-refractivity contribution in [1.29, 1.82) is 5.26 Å². The van der Waals surface area contributed by atoms with Crippen LogP contribution in [-0.2, 0) is 9.53 Å². The Bertz CT molecular complexity index is 979. The lowest BCUT2D eigenvalue weighted by molar-refractivity contribution is -0.118. The lowest BCUT2D eigenvalue weighted by atomic mass is 10.2. The summed E-state index contributed by atoms with van der Waals surface area (Å²) in [6.07, 6.45) is 1.86. The number of rotatable bonds is 5. The van der Waals surface area contributed by atoms with Crippen LogP contribution in [0.5, 0.6) is 0 Å². The Hall–Kier alpha value is -3.24. The number of Topliss-reactive ketones (excluding diaryl/α,β-unsaturated/α-hetero) is 1. The van der Waals surface area contributed by atoms with Gasteiger partial charge in [0.1, 0.15) is 17.5 Å². The molecule has 0 radical (unpaired) electrons. The number of nitrogens with zero attached hydrogens (tertiary/aromatic N) is 3. The van der Waals surface area contributed by atoms with Gasteiger partial charge in [-0.15, -0.1) is 11.8 Å². The first-order chi connectivity index (χ1) is 13.5. The second kappa shape index (κ2) is 8.19. The van der Waals surface area contributed by atoms with Gasteiger partial charge in [0.25, 0.3) is 0 Å². The fourth-order valence-corrected chi connectivity index (χ4v) is 3.74. The van der Waals surface area contributed by atoms with E-state index in [-0.39, 0.29) is 5.57 Å². The Balaban J connectivity index is 1.81. The average Bonchev–Trinajstić information content (AvgIpc) is 2.98. The number of carbonyl (C=O) groups excluding carboxylic acids is 2. The van der Waals surface area contributed by atoms with Crippen LogP contribution in [0.25, 0.3) is 0 Å². The zero-order chi connectivity index (χ0) is 20.3. The van der Waals surface area contributed by atoms with Gasteiger partial charge >= 0.3 is 5.97 Å². The van der Waals surface area contributed by atoms with Gasteiger partial charge in [-0.1, -0.05) is 24.3 Å². The minimum absolute atomic E-state index is 0.0489. The number of anilines is 2. The minimum atomic E-state index is -0.586. The summed E-state index contributed by atoms with van der Waals surface area (Å²) in [6.45, 7) is -0.494. The molecule has 0 amide bonds. The molecule has 0 spiro atoms. The molecule has 2 aromatic rings. The van der Waals surface area contributed by atoms with Crippen molar-refractivity contribution < 1.29 is 14.3 Å². The minimum Gasteiger partial charge on any atom is -0.454 e. The number of nitriles is 1. The predicted octanol–water partition coefficient (Wildman–Crippen LogP) is 3.46. The van der Waals surface area contributed by atoms with Crippen molar-refractivity contribution in [2.75, 3.05) is 36.8 Å². The number of esters is 1. The van der Waals surface area contributed by atoms with E-state index < -0.39 is 18.4 Å². The van der Waals surface area contributed by atoms with E-state index in [0.29, 0.717) is 11.4 Å². The highest BCUT2D eigenvalue weighted by Gasteiger charge is 2.31. The third-order valence-electron chi connectivity index (χ3n) is 4.52. The van der Waals surface area contributed by atoms with E-state index >= 15 is 0 Å².